The molecule has 2 aromatic carbocycles. The lowest BCUT2D eigenvalue weighted by Gasteiger charge is -1.99. The van der Waals surface area contributed by atoms with Gasteiger partial charge in [0, 0.05) is 10.6 Å². The molecule has 1 N–H and O–H groups in total. The Labute approximate surface area is 154 Å². The number of carbonyl (C=O) groups is 1. The number of hydrogen-bond acceptors (Lipinski definition) is 5. The molecule has 0 aromatic heterocycles. The molecule has 126 valence electrons. The first-order valence-corrected chi connectivity index (χ1v) is 8.55. The summed E-state index contributed by atoms with van der Waals surface area (Å²) in [4.78, 5) is 12.6. The van der Waals surface area contributed by atoms with Gasteiger partial charge in [-0.15, -0.1) is 5.10 Å². The molecule has 0 spiro atoms. The van der Waals surface area contributed by atoms with E-state index in [9.17, 15) is 4.79 Å². The van der Waals surface area contributed by atoms with E-state index < -0.39 is 0 Å². The normalized spacial score (nSPS) is 17.4. The molecule has 2 aromatic rings. The van der Waals surface area contributed by atoms with Crippen LogP contribution in [0.4, 0.5) is 0 Å². The first-order chi connectivity index (χ1) is 12.2. The summed E-state index contributed by atoms with van der Waals surface area (Å²) in [5, 5.41) is 11.7. The van der Waals surface area contributed by atoms with Crippen molar-refractivity contribution in [3.05, 3.63) is 69.6 Å². The minimum atomic E-state index is -0.201. The van der Waals surface area contributed by atoms with E-state index in [1.165, 1.54) is 11.8 Å². The zero-order valence-corrected chi connectivity index (χ0v) is 14.8. The van der Waals surface area contributed by atoms with Gasteiger partial charge in [-0.1, -0.05) is 41.9 Å². The van der Waals surface area contributed by atoms with Crippen LogP contribution in [0.25, 0.3) is 6.08 Å². The third kappa shape index (κ3) is 4.49. The van der Waals surface area contributed by atoms with Gasteiger partial charge in [-0.2, -0.15) is 5.10 Å². The van der Waals surface area contributed by atoms with E-state index in [1.807, 2.05) is 42.5 Å². The number of amidine groups is 1. The van der Waals surface area contributed by atoms with Crippen LogP contribution in [-0.2, 0) is 4.79 Å². The molecular weight excluding hydrogens is 358 g/mol. The highest BCUT2D eigenvalue weighted by molar-refractivity contribution is 8.18. The summed E-state index contributed by atoms with van der Waals surface area (Å²) >= 11 is 7.28. The first kappa shape index (κ1) is 17.3. The molecule has 1 fully saturated rings. The van der Waals surface area contributed by atoms with Gasteiger partial charge < -0.3 is 4.74 Å². The molecular formula is C18H14ClN3O2S. The lowest BCUT2D eigenvalue weighted by Crippen LogP contribution is -2.19. The number of hydrogen-bond donors (Lipinski definition) is 1. The minimum Gasteiger partial charge on any atom is -0.497 e. The van der Waals surface area contributed by atoms with Gasteiger partial charge >= 0.3 is 0 Å². The molecule has 5 nitrogen and oxygen atoms in total. The summed E-state index contributed by atoms with van der Waals surface area (Å²) in [6.07, 6.45) is 3.34. The lowest BCUT2D eigenvalue weighted by atomic mass is 10.2. The number of nitrogens with zero attached hydrogens (tertiary/aromatic N) is 2. The van der Waals surface area contributed by atoms with Crippen molar-refractivity contribution in [2.75, 3.05) is 7.11 Å². The molecule has 0 radical (unpaired) electrons. The highest BCUT2D eigenvalue weighted by Gasteiger charge is 2.23. The van der Waals surface area contributed by atoms with Crippen molar-refractivity contribution in [2.24, 2.45) is 10.2 Å². The van der Waals surface area contributed by atoms with Crippen LogP contribution in [0.3, 0.4) is 0 Å². The van der Waals surface area contributed by atoms with Gasteiger partial charge in [0.15, 0.2) is 5.17 Å². The van der Waals surface area contributed by atoms with E-state index in [0.717, 1.165) is 16.9 Å². The van der Waals surface area contributed by atoms with Crippen molar-refractivity contribution < 1.29 is 9.53 Å². The fourth-order valence-electron chi connectivity index (χ4n) is 2.05. The summed E-state index contributed by atoms with van der Waals surface area (Å²) in [5.41, 5.74) is 1.66. The molecule has 25 heavy (non-hydrogen) atoms. The van der Waals surface area contributed by atoms with Gasteiger partial charge in [0.1, 0.15) is 5.75 Å². The molecule has 0 atom stereocenters. The number of thioether (sulfide) groups is 1. The fraction of sp³-hybridized carbons (Fsp3) is 0.0556. The number of ether oxygens (including phenoxy) is 1. The van der Waals surface area contributed by atoms with Gasteiger partial charge in [0.25, 0.3) is 5.91 Å². The predicted octanol–water partition coefficient (Wildman–Crippen LogP) is 3.94. The van der Waals surface area contributed by atoms with E-state index >= 15 is 0 Å². The molecule has 0 unspecified atom stereocenters. The number of halogens is 1. The molecule has 0 saturated carbocycles. The maximum absolute atomic E-state index is 12.0. The smallest absolute Gasteiger partial charge is 0.264 e. The van der Waals surface area contributed by atoms with Crippen LogP contribution in [-0.4, -0.2) is 24.4 Å². The molecule has 1 amide bonds. The second-order valence-electron chi connectivity index (χ2n) is 5.01. The quantitative estimate of drug-likeness (QED) is 0.503. The van der Waals surface area contributed by atoms with Crippen molar-refractivity contribution in [1.82, 2.24) is 5.32 Å². The van der Waals surface area contributed by atoms with Gasteiger partial charge in [-0.3, -0.25) is 10.1 Å². The van der Waals surface area contributed by atoms with Crippen LogP contribution in [0.2, 0.25) is 5.02 Å². The third-order valence-electron chi connectivity index (χ3n) is 3.32. The van der Waals surface area contributed by atoms with Gasteiger partial charge in [-0.05, 0) is 41.6 Å². The van der Waals surface area contributed by atoms with Crippen molar-refractivity contribution >= 4 is 46.7 Å². The third-order valence-corrected chi connectivity index (χ3v) is 4.56. The van der Waals surface area contributed by atoms with E-state index in [1.54, 1.807) is 25.5 Å². The molecule has 7 heteroatoms. The second-order valence-corrected chi connectivity index (χ2v) is 6.45. The van der Waals surface area contributed by atoms with Gasteiger partial charge in [-0.25, -0.2) is 0 Å². The van der Waals surface area contributed by atoms with Crippen molar-refractivity contribution in [3.63, 3.8) is 0 Å². The van der Waals surface area contributed by atoms with E-state index in [0.29, 0.717) is 15.1 Å². The zero-order valence-electron chi connectivity index (χ0n) is 13.3. The molecule has 1 heterocycles. The Morgan fingerprint density at radius 2 is 1.92 bits per heavy atom. The Morgan fingerprint density at radius 3 is 2.64 bits per heavy atom. The van der Waals surface area contributed by atoms with E-state index in [-0.39, 0.29) is 5.91 Å². The predicted molar refractivity (Wildman–Crippen MR) is 103 cm³/mol. The van der Waals surface area contributed by atoms with Crippen LogP contribution in [0.1, 0.15) is 11.1 Å². The lowest BCUT2D eigenvalue weighted by molar-refractivity contribution is -0.115. The fourth-order valence-corrected chi connectivity index (χ4v) is 3.01. The molecule has 1 saturated heterocycles. The van der Waals surface area contributed by atoms with E-state index in [4.69, 9.17) is 16.3 Å². The molecule has 3 rings (SSSR count). The van der Waals surface area contributed by atoms with E-state index in [2.05, 4.69) is 15.5 Å². The Balaban J connectivity index is 1.71. The highest BCUT2D eigenvalue weighted by atomic mass is 35.5. The molecule has 0 bridgehead atoms. The summed E-state index contributed by atoms with van der Waals surface area (Å²) in [6.45, 7) is 0. The number of benzene rings is 2. The summed E-state index contributed by atoms with van der Waals surface area (Å²) in [7, 11) is 1.61. The van der Waals surface area contributed by atoms with Crippen LogP contribution < -0.4 is 10.1 Å². The van der Waals surface area contributed by atoms with Crippen molar-refractivity contribution in [1.29, 1.82) is 0 Å². The highest BCUT2D eigenvalue weighted by Crippen LogP contribution is 2.26. The SMILES string of the molecule is COc1ccc(/C=C2/S/C(=N/N=C\c3ccccc3Cl)NC2=O)cc1. The number of carbonyl (C=O) groups excluding carboxylic acids is 1. The summed E-state index contributed by atoms with van der Waals surface area (Å²) in [6, 6.07) is 14.8. The standard InChI is InChI=1S/C18H14ClN3O2S/c1-24-14-8-6-12(7-9-14)10-16-17(23)21-18(25-16)22-20-11-13-4-2-3-5-15(13)19/h2-11H,1H3,(H,21,22,23)/b16-10+,20-11-. The van der Waals surface area contributed by atoms with Crippen LogP contribution >= 0.6 is 23.4 Å². The summed E-state index contributed by atoms with van der Waals surface area (Å²) in [5.74, 6) is 0.564. The Kier molecular flexibility index (Phi) is 5.53. The maximum Gasteiger partial charge on any atom is 0.264 e. The van der Waals surface area contributed by atoms with Crippen LogP contribution in [0.5, 0.6) is 5.75 Å². The summed E-state index contributed by atoms with van der Waals surface area (Å²) < 4.78 is 5.12. The van der Waals surface area contributed by atoms with Crippen LogP contribution in [0, 0.1) is 0 Å². The topological polar surface area (TPSA) is 63.1 Å². The van der Waals surface area contributed by atoms with Gasteiger partial charge in [0.2, 0.25) is 0 Å². The monoisotopic (exact) mass is 371 g/mol. The average Bonchev–Trinajstić information content (AvgIpc) is 2.97. The zero-order chi connectivity index (χ0) is 17.6. The molecule has 0 aliphatic carbocycles. The molecule has 1 aliphatic rings. The van der Waals surface area contributed by atoms with Crippen molar-refractivity contribution in [3.8, 4) is 5.75 Å². The second kappa shape index (κ2) is 8.00. The van der Waals surface area contributed by atoms with Crippen molar-refractivity contribution in [2.45, 2.75) is 0 Å². The average molecular weight is 372 g/mol. The maximum atomic E-state index is 12.0. The minimum absolute atomic E-state index is 0.201. The molecule has 1 aliphatic heterocycles. The number of nitrogens with one attached hydrogen (secondary N) is 1. The largest absolute Gasteiger partial charge is 0.497 e. The number of rotatable bonds is 4. The van der Waals surface area contributed by atoms with Crippen LogP contribution in [0.15, 0.2) is 63.6 Å². The first-order valence-electron chi connectivity index (χ1n) is 7.36. The Morgan fingerprint density at radius 1 is 1.16 bits per heavy atom. The number of amides is 1. The number of methoxy groups -OCH3 is 1. The van der Waals surface area contributed by atoms with Gasteiger partial charge in [0.05, 0.1) is 18.2 Å². The Bertz CT molecular complexity index is 876. The Hall–Kier alpha value is -2.57.